The zero-order valence-electron chi connectivity index (χ0n) is 7.16. The average molecular weight is 215 g/mol. The van der Waals surface area contributed by atoms with Crippen LogP contribution >= 0.6 is 11.6 Å². The van der Waals surface area contributed by atoms with E-state index in [2.05, 4.69) is 0 Å². The van der Waals surface area contributed by atoms with E-state index in [1.165, 1.54) is 0 Å². The largest absolute Gasteiger partial charge is 0.285 e. The maximum Gasteiger partial charge on any atom is 0.267 e. The standard InChI is InChI=1S/C7H15ClO3S/c1-2-3-4-7(5-6-8)12(9,10)11/h7H,2-6H2,1H3,(H,9,10,11). The van der Waals surface area contributed by atoms with Gasteiger partial charge in [0.05, 0.1) is 5.25 Å². The third kappa shape index (κ3) is 4.95. The molecular formula is C7H15ClO3S. The summed E-state index contributed by atoms with van der Waals surface area (Å²) in [4.78, 5) is 0. The molecule has 0 aromatic heterocycles. The van der Waals surface area contributed by atoms with Crippen LogP contribution < -0.4 is 0 Å². The van der Waals surface area contributed by atoms with Crippen LogP contribution in [0.4, 0.5) is 0 Å². The van der Waals surface area contributed by atoms with E-state index >= 15 is 0 Å². The highest BCUT2D eigenvalue weighted by Crippen LogP contribution is 2.13. The van der Waals surface area contributed by atoms with Gasteiger partial charge in [-0.3, -0.25) is 4.55 Å². The zero-order valence-corrected chi connectivity index (χ0v) is 8.74. The van der Waals surface area contributed by atoms with Gasteiger partial charge in [-0.1, -0.05) is 19.8 Å². The van der Waals surface area contributed by atoms with Crippen molar-refractivity contribution in [2.75, 3.05) is 5.88 Å². The van der Waals surface area contributed by atoms with Gasteiger partial charge in [-0.05, 0) is 12.8 Å². The summed E-state index contributed by atoms with van der Waals surface area (Å²) in [6, 6.07) is 0. The Labute approximate surface area is 78.9 Å². The summed E-state index contributed by atoms with van der Waals surface area (Å²) in [6.45, 7) is 1.97. The molecule has 0 aromatic carbocycles. The highest BCUT2D eigenvalue weighted by molar-refractivity contribution is 7.86. The minimum Gasteiger partial charge on any atom is -0.285 e. The van der Waals surface area contributed by atoms with E-state index in [4.69, 9.17) is 16.2 Å². The SMILES string of the molecule is CCCCC(CCCl)S(=O)(=O)O. The fourth-order valence-corrected chi connectivity index (χ4v) is 2.27. The molecule has 0 bridgehead atoms. The highest BCUT2D eigenvalue weighted by Gasteiger charge is 2.21. The van der Waals surface area contributed by atoms with Crippen LogP contribution in [0.5, 0.6) is 0 Å². The molecule has 1 atom stereocenters. The summed E-state index contributed by atoms with van der Waals surface area (Å²) < 4.78 is 30.2. The number of unbranched alkanes of at least 4 members (excludes halogenated alkanes) is 1. The Kier molecular flexibility index (Phi) is 5.88. The molecule has 0 aromatic rings. The van der Waals surface area contributed by atoms with Crippen molar-refractivity contribution in [2.45, 2.75) is 37.9 Å². The summed E-state index contributed by atoms with van der Waals surface area (Å²) in [5.74, 6) is 0.272. The lowest BCUT2D eigenvalue weighted by atomic mass is 10.2. The van der Waals surface area contributed by atoms with Gasteiger partial charge in [0.15, 0.2) is 0 Å². The Morgan fingerprint density at radius 1 is 1.42 bits per heavy atom. The molecule has 0 aliphatic carbocycles. The molecule has 5 heteroatoms. The van der Waals surface area contributed by atoms with Crippen molar-refractivity contribution >= 4 is 21.7 Å². The topological polar surface area (TPSA) is 54.4 Å². The fraction of sp³-hybridized carbons (Fsp3) is 1.00. The normalized spacial score (nSPS) is 14.6. The first kappa shape index (κ1) is 12.2. The van der Waals surface area contributed by atoms with Crippen LogP contribution in [0.3, 0.4) is 0 Å². The Bertz CT molecular complexity index is 201. The van der Waals surface area contributed by atoms with Crippen LogP contribution in [0, 0.1) is 0 Å². The molecule has 0 saturated carbocycles. The summed E-state index contributed by atoms with van der Waals surface area (Å²) in [6.07, 6.45) is 2.57. The van der Waals surface area contributed by atoms with Crippen molar-refractivity contribution in [1.82, 2.24) is 0 Å². The number of rotatable bonds is 6. The predicted octanol–water partition coefficient (Wildman–Crippen LogP) is 2.06. The Balaban J connectivity index is 4.05. The van der Waals surface area contributed by atoms with Gasteiger partial charge >= 0.3 is 0 Å². The molecule has 1 N–H and O–H groups in total. The molecule has 3 nitrogen and oxygen atoms in total. The van der Waals surface area contributed by atoms with Gasteiger partial charge in [-0.2, -0.15) is 8.42 Å². The molecule has 74 valence electrons. The lowest BCUT2D eigenvalue weighted by molar-refractivity contribution is 0.456. The van der Waals surface area contributed by atoms with Crippen molar-refractivity contribution < 1.29 is 13.0 Å². The van der Waals surface area contributed by atoms with Crippen molar-refractivity contribution in [1.29, 1.82) is 0 Å². The first-order valence-corrected chi connectivity index (χ1v) is 6.08. The number of hydrogen-bond donors (Lipinski definition) is 1. The molecule has 0 aliphatic rings. The van der Waals surface area contributed by atoms with Crippen LogP contribution in [0.15, 0.2) is 0 Å². The van der Waals surface area contributed by atoms with E-state index in [9.17, 15) is 8.42 Å². The van der Waals surface area contributed by atoms with Crippen molar-refractivity contribution in [3.63, 3.8) is 0 Å². The van der Waals surface area contributed by atoms with E-state index in [0.717, 1.165) is 12.8 Å². The minimum absolute atomic E-state index is 0.272. The summed E-state index contributed by atoms with van der Waals surface area (Å²) in [5.41, 5.74) is 0. The van der Waals surface area contributed by atoms with E-state index in [1.54, 1.807) is 0 Å². The molecule has 12 heavy (non-hydrogen) atoms. The lowest BCUT2D eigenvalue weighted by Crippen LogP contribution is -2.20. The van der Waals surface area contributed by atoms with Gasteiger partial charge in [0.1, 0.15) is 0 Å². The quantitative estimate of drug-likeness (QED) is 0.544. The number of halogens is 1. The third-order valence-corrected chi connectivity index (χ3v) is 3.26. The van der Waals surface area contributed by atoms with Crippen LogP contribution in [-0.2, 0) is 10.1 Å². The second-order valence-electron chi connectivity index (χ2n) is 2.76. The molecule has 0 amide bonds. The third-order valence-electron chi connectivity index (χ3n) is 1.73. The van der Waals surface area contributed by atoms with E-state index < -0.39 is 15.4 Å². The molecule has 0 heterocycles. The van der Waals surface area contributed by atoms with E-state index in [0.29, 0.717) is 12.8 Å². The summed E-state index contributed by atoms with van der Waals surface area (Å²) in [5, 5.41) is -0.671. The molecular weight excluding hydrogens is 200 g/mol. The summed E-state index contributed by atoms with van der Waals surface area (Å²) >= 11 is 5.41. The van der Waals surface area contributed by atoms with Crippen molar-refractivity contribution in [2.24, 2.45) is 0 Å². The Hall–Kier alpha value is 0.200. The number of hydrogen-bond acceptors (Lipinski definition) is 2. The zero-order chi connectivity index (χ0) is 9.61. The first-order chi connectivity index (χ1) is 5.52. The molecule has 0 radical (unpaired) electrons. The molecule has 0 aliphatic heterocycles. The van der Waals surface area contributed by atoms with Crippen molar-refractivity contribution in [3.05, 3.63) is 0 Å². The first-order valence-electron chi connectivity index (χ1n) is 4.04. The van der Waals surface area contributed by atoms with Gasteiger partial charge in [0.2, 0.25) is 0 Å². The van der Waals surface area contributed by atoms with Gasteiger partial charge in [-0.25, -0.2) is 0 Å². The minimum atomic E-state index is -3.88. The van der Waals surface area contributed by atoms with Gasteiger partial charge in [0.25, 0.3) is 10.1 Å². The van der Waals surface area contributed by atoms with Crippen molar-refractivity contribution in [3.8, 4) is 0 Å². The van der Waals surface area contributed by atoms with Crippen LogP contribution in [0.1, 0.15) is 32.6 Å². The van der Waals surface area contributed by atoms with Crippen LogP contribution in [0.2, 0.25) is 0 Å². The molecule has 1 unspecified atom stereocenters. The molecule has 0 rings (SSSR count). The second-order valence-corrected chi connectivity index (χ2v) is 4.83. The van der Waals surface area contributed by atoms with Crippen LogP contribution in [0.25, 0.3) is 0 Å². The maximum atomic E-state index is 10.7. The molecule has 0 fully saturated rings. The van der Waals surface area contributed by atoms with Gasteiger partial charge in [-0.15, -0.1) is 11.6 Å². The Morgan fingerprint density at radius 2 is 2.00 bits per heavy atom. The monoisotopic (exact) mass is 214 g/mol. The fourth-order valence-electron chi connectivity index (χ4n) is 0.996. The van der Waals surface area contributed by atoms with E-state index in [1.807, 2.05) is 6.92 Å². The number of alkyl halides is 1. The van der Waals surface area contributed by atoms with Gasteiger partial charge in [0, 0.05) is 5.88 Å². The highest BCUT2D eigenvalue weighted by atomic mass is 35.5. The van der Waals surface area contributed by atoms with Gasteiger partial charge < -0.3 is 0 Å². The molecule has 0 spiro atoms. The predicted molar refractivity (Wildman–Crippen MR) is 50.2 cm³/mol. The van der Waals surface area contributed by atoms with Crippen LogP contribution in [-0.4, -0.2) is 24.1 Å². The lowest BCUT2D eigenvalue weighted by Gasteiger charge is -2.10. The summed E-state index contributed by atoms with van der Waals surface area (Å²) in [7, 11) is -3.88. The molecule has 0 saturated heterocycles. The average Bonchev–Trinajstić information content (AvgIpc) is 1.95. The maximum absolute atomic E-state index is 10.7. The second kappa shape index (κ2) is 5.78. The smallest absolute Gasteiger partial charge is 0.267 e. The Morgan fingerprint density at radius 3 is 2.33 bits per heavy atom. The van der Waals surface area contributed by atoms with E-state index in [-0.39, 0.29) is 5.88 Å².